The fourth-order valence-corrected chi connectivity index (χ4v) is 4.34. The second kappa shape index (κ2) is 9.05. The Hall–Kier alpha value is -3.25. The molecule has 0 aliphatic heterocycles. The topological polar surface area (TPSA) is 64.1 Å². The number of benzene rings is 2. The van der Waals surface area contributed by atoms with E-state index in [0.717, 1.165) is 33.5 Å². The minimum Gasteiger partial charge on any atom is -0.461 e. The number of ether oxygens (including phenoxy) is 1. The molecule has 2 aromatic carbocycles. The molecule has 0 unspecified atom stereocenters. The van der Waals surface area contributed by atoms with Gasteiger partial charge in [0.25, 0.3) is 0 Å². The van der Waals surface area contributed by atoms with Crippen molar-refractivity contribution in [3.63, 3.8) is 0 Å². The van der Waals surface area contributed by atoms with Crippen LogP contribution in [0.2, 0.25) is 0 Å². The number of aromatic nitrogens is 2. The molecule has 4 rings (SSSR count). The van der Waals surface area contributed by atoms with Crippen LogP contribution in [-0.2, 0) is 17.6 Å². The molecule has 0 fully saturated rings. The van der Waals surface area contributed by atoms with Crippen LogP contribution < -0.4 is 5.32 Å². The average Bonchev–Trinajstić information content (AvgIpc) is 3.12. The van der Waals surface area contributed by atoms with Gasteiger partial charge in [0.15, 0.2) is 0 Å². The Kier molecular flexibility index (Phi) is 6.05. The summed E-state index contributed by atoms with van der Waals surface area (Å²) in [6, 6.07) is 18.2. The van der Waals surface area contributed by atoms with Crippen molar-refractivity contribution in [3.05, 3.63) is 82.5 Å². The quantitative estimate of drug-likeness (QED) is 0.391. The van der Waals surface area contributed by atoms with E-state index in [2.05, 4.69) is 34.3 Å². The zero-order valence-electron chi connectivity index (χ0n) is 17.0. The Balaban J connectivity index is 1.52. The minimum atomic E-state index is -0.315. The molecular weight excluding hydrogens is 394 g/mol. The molecule has 0 amide bonds. The lowest BCUT2D eigenvalue weighted by molar-refractivity contribution is 0.0514. The number of aryl methyl sites for hydroxylation is 2. The zero-order valence-corrected chi connectivity index (χ0v) is 17.8. The number of esters is 1. The van der Waals surface area contributed by atoms with E-state index in [9.17, 15) is 4.79 Å². The van der Waals surface area contributed by atoms with E-state index in [1.54, 1.807) is 0 Å². The van der Waals surface area contributed by atoms with Gasteiger partial charge in [-0.15, -0.1) is 11.3 Å². The highest BCUT2D eigenvalue weighted by atomic mass is 32.1. The first kappa shape index (κ1) is 20.0. The maximum Gasteiger partial charge on any atom is 0.348 e. The van der Waals surface area contributed by atoms with Gasteiger partial charge in [0, 0.05) is 12.1 Å². The van der Waals surface area contributed by atoms with E-state index in [1.807, 2.05) is 49.4 Å². The Bertz CT molecular complexity index is 1150. The summed E-state index contributed by atoms with van der Waals surface area (Å²) in [5.41, 5.74) is 4.21. The molecule has 0 atom stereocenters. The van der Waals surface area contributed by atoms with E-state index < -0.39 is 0 Å². The average molecular weight is 418 g/mol. The number of rotatable bonds is 7. The van der Waals surface area contributed by atoms with Gasteiger partial charge in [0.1, 0.15) is 21.9 Å². The van der Waals surface area contributed by atoms with Gasteiger partial charge >= 0.3 is 5.97 Å². The standard InChI is InChI=1S/C24H23N3O2S/c1-3-17-9-11-19(12-10-17)27-22-20-16(2)21(30-23(20)26-15-25-22)24(28)29-14-13-18-7-5-4-6-8-18/h4-12,15H,3,13-14H2,1-2H3,(H,25,26,27). The molecule has 0 aliphatic rings. The highest BCUT2D eigenvalue weighted by Gasteiger charge is 2.20. The van der Waals surface area contributed by atoms with E-state index in [0.29, 0.717) is 23.7 Å². The molecule has 5 nitrogen and oxygen atoms in total. The second-order valence-electron chi connectivity index (χ2n) is 7.01. The molecule has 0 saturated heterocycles. The van der Waals surface area contributed by atoms with Crippen LogP contribution in [0.1, 0.15) is 33.3 Å². The summed E-state index contributed by atoms with van der Waals surface area (Å²) >= 11 is 1.34. The highest BCUT2D eigenvalue weighted by Crippen LogP contribution is 2.34. The monoisotopic (exact) mass is 417 g/mol. The van der Waals surface area contributed by atoms with Gasteiger partial charge in [0.2, 0.25) is 0 Å². The summed E-state index contributed by atoms with van der Waals surface area (Å²) in [7, 11) is 0. The Morgan fingerprint density at radius 1 is 1.03 bits per heavy atom. The predicted octanol–water partition coefficient (Wildman–Crippen LogP) is 5.71. The molecule has 0 spiro atoms. The van der Waals surface area contributed by atoms with E-state index in [-0.39, 0.29) is 5.97 Å². The van der Waals surface area contributed by atoms with Crippen molar-refractivity contribution in [2.45, 2.75) is 26.7 Å². The maximum absolute atomic E-state index is 12.7. The van der Waals surface area contributed by atoms with Gasteiger partial charge < -0.3 is 10.1 Å². The third-order valence-corrected chi connectivity index (χ3v) is 6.18. The molecule has 0 bridgehead atoms. The van der Waals surface area contributed by atoms with Crippen LogP contribution in [0.3, 0.4) is 0 Å². The fourth-order valence-electron chi connectivity index (χ4n) is 3.29. The van der Waals surface area contributed by atoms with Gasteiger partial charge in [-0.3, -0.25) is 0 Å². The van der Waals surface area contributed by atoms with Crippen molar-refractivity contribution in [2.75, 3.05) is 11.9 Å². The molecule has 6 heteroatoms. The summed E-state index contributed by atoms with van der Waals surface area (Å²) in [6.07, 6.45) is 3.21. The largest absolute Gasteiger partial charge is 0.461 e. The molecule has 152 valence electrons. The van der Waals surface area contributed by atoms with Crippen molar-refractivity contribution in [1.29, 1.82) is 0 Å². The highest BCUT2D eigenvalue weighted by molar-refractivity contribution is 7.20. The first-order chi connectivity index (χ1) is 14.7. The zero-order chi connectivity index (χ0) is 20.9. The molecule has 1 N–H and O–H groups in total. The summed E-state index contributed by atoms with van der Waals surface area (Å²) in [6.45, 7) is 4.39. The number of fused-ring (bicyclic) bond motifs is 1. The Labute approximate surface area is 179 Å². The van der Waals surface area contributed by atoms with E-state index in [4.69, 9.17) is 4.74 Å². The van der Waals surface area contributed by atoms with Crippen molar-refractivity contribution in [3.8, 4) is 0 Å². The fraction of sp³-hybridized carbons (Fsp3) is 0.208. The predicted molar refractivity (Wildman–Crippen MR) is 122 cm³/mol. The van der Waals surface area contributed by atoms with E-state index >= 15 is 0 Å². The number of hydrogen-bond acceptors (Lipinski definition) is 6. The van der Waals surface area contributed by atoms with Crippen molar-refractivity contribution >= 4 is 39.0 Å². The van der Waals surface area contributed by atoms with Crippen LogP contribution in [0, 0.1) is 6.92 Å². The van der Waals surface area contributed by atoms with Gasteiger partial charge in [-0.1, -0.05) is 49.4 Å². The SMILES string of the molecule is CCc1ccc(Nc2ncnc3sc(C(=O)OCCc4ccccc4)c(C)c23)cc1. The molecule has 0 saturated carbocycles. The molecule has 2 aromatic heterocycles. The van der Waals surface area contributed by atoms with Crippen LogP contribution in [0.25, 0.3) is 10.2 Å². The number of nitrogens with one attached hydrogen (secondary N) is 1. The molecule has 2 heterocycles. The van der Waals surface area contributed by atoms with Crippen LogP contribution >= 0.6 is 11.3 Å². The molecular formula is C24H23N3O2S. The molecule has 30 heavy (non-hydrogen) atoms. The molecule has 0 radical (unpaired) electrons. The Morgan fingerprint density at radius 2 is 1.80 bits per heavy atom. The number of thiophene rings is 1. The van der Waals surface area contributed by atoms with Crippen LogP contribution in [0.4, 0.5) is 11.5 Å². The van der Waals surface area contributed by atoms with Gasteiger partial charge in [0.05, 0.1) is 12.0 Å². The number of hydrogen-bond donors (Lipinski definition) is 1. The Morgan fingerprint density at radius 3 is 2.53 bits per heavy atom. The number of nitrogens with zero attached hydrogens (tertiary/aromatic N) is 2. The van der Waals surface area contributed by atoms with Gasteiger partial charge in [-0.05, 0) is 42.2 Å². The van der Waals surface area contributed by atoms with Crippen molar-refractivity contribution < 1.29 is 9.53 Å². The first-order valence-corrected chi connectivity index (χ1v) is 10.8. The third-order valence-electron chi connectivity index (χ3n) is 5.00. The number of anilines is 2. The van der Waals surface area contributed by atoms with E-state index in [1.165, 1.54) is 23.2 Å². The summed E-state index contributed by atoms with van der Waals surface area (Å²) < 4.78 is 5.53. The lowest BCUT2D eigenvalue weighted by Crippen LogP contribution is -2.07. The minimum absolute atomic E-state index is 0.315. The normalized spacial score (nSPS) is 10.9. The van der Waals surface area contributed by atoms with Crippen molar-refractivity contribution in [1.82, 2.24) is 9.97 Å². The first-order valence-electron chi connectivity index (χ1n) is 9.97. The van der Waals surface area contributed by atoms with Crippen molar-refractivity contribution in [2.24, 2.45) is 0 Å². The van der Waals surface area contributed by atoms with Gasteiger partial charge in [-0.2, -0.15) is 0 Å². The second-order valence-corrected chi connectivity index (χ2v) is 8.00. The van der Waals surface area contributed by atoms with Gasteiger partial charge in [-0.25, -0.2) is 14.8 Å². The maximum atomic E-state index is 12.7. The van der Waals surface area contributed by atoms with Crippen LogP contribution in [0.15, 0.2) is 60.9 Å². The summed E-state index contributed by atoms with van der Waals surface area (Å²) in [4.78, 5) is 22.8. The molecule has 0 aliphatic carbocycles. The summed E-state index contributed by atoms with van der Waals surface area (Å²) in [5, 5.41) is 4.22. The van der Waals surface area contributed by atoms with Crippen LogP contribution in [-0.4, -0.2) is 22.5 Å². The number of carbonyl (C=O) groups is 1. The number of carbonyl (C=O) groups excluding carboxylic acids is 1. The third kappa shape index (κ3) is 4.33. The smallest absolute Gasteiger partial charge is 0.348 e. The lowest BCUT2D eigenvalue weighted by Gasteiger charge is -2.08. The lowest BCUT2D eigenvalue weighted by atomic mass is 10.1. The molecule has 4 aromatic rings. The van der Waals surface area contributed by atoms with Crippen LogP contribution in [0.5, 0.6) is 0 Å². The summed E-state index contributed by atoms with van der Waals surface area (Å²) in [5.74, 6) is 0.381.